The molecule has 0 N–H and O–H groups in total. The van der Waals surface area contributed by atoms with Crippen LogP contribution in [0.15, 0.2) is 11.1 Å². The molecule has 1 saturated heterocycles. The number of hydrogen-bond donors (Lipinski definition) is 0. The number of aryl methyl sites for hydroxylation is 2. The average Bonchev–Trinajstić information content (AvgIpc) is 3.26. The zero-order valence-corrected chi connectivity index (χ0v) is 14.6. The summed E-state index contributed by atoms with van der Waals surface area (Å²) in [6.45, 7) is 5.69. The first-order valence-corrected chi connectivity index (χ1v) is 9.05. The Morgan fingerprint density at radius 3 is 2.79 bits per heavy atom. The Balaban J connectivity index is 1.83. The molecule has 1 aliphatic rings. The van der Waals surface area contributed by atoms with E-state index in [1.807, 2.05) is 0 Å². The van der Waals surface area contributed by atoms with Gasteiger partial charge in [0.05, 0.1) is 5.39 Å². The SMILES string of the molecule is CCc1c(C)sc2ncn3c(=O)n(CC(=O)N4CCCC4)nc3c12. The van der Waals surface area contributed by atoms with E-state index in [1.54, 1.807) is 16.2 Å². The minimum atomic E-state index is -0.308. The summed E-state index contributed by atoms with van der Waals surface area (Å²) in [7, 11) is 0. The van der Waals surface area contributed by atoms with Crippen LogP contribution in [-0.4, -0.2) is 43.1 Å². The van der Waals surface area contributed by atoms with E-state index in [2.05, 4.69) is 23.9 Å². The van der Waals surface area contributed by atoms with Crippen molar-refractivity contribution in [1.82, 2.24) is 24.1 Å². The monoisotopic (exact) mass is 345 g/mol. The number of rotatable bonds is 3. The van der Waals surface area contributed by atoms with Crippen molar-refractivity contribution in [2.45, 2.75) is 39.7 Å². The summed E-state index contributed by atoms with van der Waals surface area (Å²) in [6.07, 6.45) is 4.44. The van der Waals surface area contributed by atoms with Gasteiger partial charge in [0.25, 0.3) is 0 Å². The van der Waals surface area contributed by atoms with Gasteiger partial charge in [-0.2, -0.15) is 0 Å². The van der Waals surface area contributed by atoms with E-state index in [0.29, 0.717) is 5.65 Å². The quantitative estimate of drug-likeness (QED) is 0.723. The number of nitrogens with zero attached hydrogens (tertiary/aromatic N) is 5. The Hall–Kier alpha value is -2.22. The maximum absolute atomic E-state index is 12.6. The number of carbonyl (C=O) groups is 1. The fourth-order valence-corrected chi connectivity index (χ4v) is 4.49. The molecule has 1 fully saturated rings. The summed E-state index contributed by atoms with van der Waals surface area (Å²) >= 11 is 1.62. The lowest BCUT2D eigenvalue weighted by Crippen LogP contribution is -2.34. The number of likely N-dealkylation sites (tertiary alicyclic amines) is 1. The van der Waals surface area contributed by atoms with Crippen molar-refractivity contribution in [3.05, 3.63) is 27.3 Å². The summed E-state index contributed by atoms with van der Waals surface area (Å²) in [5.74, 6) is -0.0422. The van der Waals surface area contributed by atoms with Crippen LogP contribution in [0.4, 0.5) is 0 Å². The summed E-state index contributed by atoms with van der Waals surface area (Å²) in [5, 5.41) is 5.40. The Labute approximate surface area is 142 Å². The molecule has 0 bridgehead atoms. The van der Waals surface area contributed by atoms with E-state index in [0.717, 1.165) is 42.6 Å². The van der Waals surface area contributed by atoms with Crippen LogP contribution in [0.3, 0.4) is 0 Å². The fourth-order valence-electron chi connectivity index (χ4n) is 3.41. The van der Waals surface area contributed by atoms with Gasteiger partial charge in [-0.3, -0.25) is 4.79 Å². The van der Waals surface area contributed by atoms with Gasteiger partial charge in [0.1, 0.15) is 17.7 Å². The Morgan fingerprint density at radius 1 is 1.33 bits per heavy atom. The lowest BCUT2D eigenvalue weighted by atomic mass is 10.1. The molecule has 0 aliphatic carbocycles. The van der Waals surface area contributed by atoms with Crippen LogP contribution in [-0.2, 0) is 17.8 Å². The molecule has 4 heterocycles. The van der Waals surface area contributed by atoms with E-state index in [1.165, 1.54) is 25.9 Å². The first-order valence-electron chi connectivity index (χ1n) is 8.24. The molecule has 0 radical (unpaired) electrons. The highest BCUT2D eigenvalue weighted by Crippen LogP contribution is 2.31. The second-order valence-corrected chi connectivity index (χ2v) is 7.34. The van der Waals surface area contributed by atoms with Gasteiger partial charge in [0, 0.05) is 18.0 Å². The fraction of sp³-hybridized carbons (Fsp3) is 0.500. The van der Waals surface area contributed by atoms with Crippen LogP contribution in [0.2, 0.25) is 0 Å². The molecule has 8 heteroatoms. The van der Waals surface area contributed by atoms with Gasteiger partial charge in [-0.05, 0) is 31.7 Å². The molecule has 1 aliphatic heterocycles. The second-order valence-electron chi connectivity index (χ2n) is 6.14. The van der Waals surface area contributed by atoms with Crippen molar-refractivity contribution < 1.29 is 4.79 Å². The van der Waals surface area contributed by atoms with Crippen LogP contribution in [0.1, 0.15) is 30.2 Å². The van der Waals surface area contributed by atoms with Crippen LogP contribution < -0.4 is 5.69 Å². The Morgan fingerprint density at radius 2 is 2.08 bits per heavy atom. The first-order chi connectivity index (χ1) is 11.6. The normalized spacial score (nSPS) is 15.0. The molecule has 0 aromatic carbocycles. The highest BCUT2D eigenvalue weighted by Gasteiger charge is 2.21. The number of hydrogen-bond acceptors (Lipinski definition) is 5. The summed E-state index contributed by atoms with van der Waals surface area (Å²) in [6, 6.07) is 0. The van der Waals surface area contributed by atoms with Crippen molar-refractivity contribution >= 4 is 33.1 Å². The molecule has 0 unspecified atom stereocenters. The van der Waals surface area contributed by atoms with Crippen LogP contribution in [0.25, 0.3) is 15.9 Å². The molecule has 4 rings (SSSR count). The molecule has 0 saturated carbocycles. The van der Waals surface area contributed by atoms with Crippen molar-refractivity contribution in [2.24, 2.45) is 0 Å². The zero-order valence-electron chi connectivity index (χ0n) is 13.8. The Kier molecular flexibility index (Phi) is 3.64. The average molecular weight is 345 g/mol. The third-order valence-electron chi connectivity index (χ3n) is 4.67. The van der Waals surface area contributed by atoms with Crippen molar-refractivity contribution in [3.8, 4) is 0 Å². The highest BCUT2D eigenvalue weighted by molar-refractivity contribution is 7.18. The molecule has 1 amide bonds. The minimum Gasteiger partial charge on any atom is -0.341 e. The summed E-state index contributed by atoms with van der Waals surface area (Å²) in [4.78, 5) is 33.2. The topological polar surface area (TPSA) is 72.5 Å². The third-order valence-corrected chi connectivity index (χ3v) is 5.73. The summed E-state index contributed by atoms with van der Waals surface area (Å²) in [5.41, 5.74) is 1.47. The number of carbonyl (C=O) groups excluding carboxylic acids is 1. The lowest BCUT2D eigenvalue weighted by Gasteiger charge is -2.14. The first kappa shape index (κ1) is 15.3. The van der Waals surface area contributed by atoms with Crippen LogP contribution >= 0.6 is 11.3 Å². The smallest absolute Gasteiger partial charge is 0.341 e. The molecule has 126 valence electrons. The Bertz CT molecular complexity index is 993. The van der Waals surface area contributed by atoms with Gasteiger partial charge in [-0.1, -0.05) is 6.92 Å². The van der Waals surface area contributed by atoms with Gasteiger partial charge >= 0.3 is 5.69 Å². The van der Waals surface area contributed by atoms with Gasteiger partial charge in [-0.25, -0.2) is 18.9 Å². The van der Waals surface area contributed by atoms with Crippen molar-refractivity contribution in [3.63, 3.8) is 0 Å². The molecular weight excluding hydrogens is 326 g/mol. The summed E-state index contributed by atoms with van der Waals surface area (Å²) < 4.78 is 2.72. The number of amides is 1. The van der Waals surface area contributed by atoms with E-state index < -0.39 is 0 Å². The highest BCUT2D eigenvalue weighted by atomic mass is 32.1. The van der Waals surface area contributed by atoms with Crippen molar-refractivity contribution in [1.29, 1.82) is 0 Å². The van der Waals surface area contributed by atoms with Crippen LogP contribution in [0.5, 0.6) is 0 Å². The zero-order chi connectivity index (χ0) is 16.8. The largest absolute Gasteiger partial charge is 0.352 e. The molecular formula is C16H19N5O2S. The van der Waals surface area contributed by atoms with E-state index in [9.17, 15) is 9.59 Å². The standard InChI is InChI=1S/C16H19N5O2S/c1-3-11-10(2)24-15-13(11)14-18-21(16(23)20(14)9-17-15)8-12(22)19-6-4-5-7-19/h9H,3-8H2,1-2H3. The molecule has 3 aromatic rings. The molecule has 0 atom stereocenters. The van der Waals surface area contributed by atoms with Gasteiger partial charge in [-0.15, -0.1) is 16.4 Å². The maximum atomic E-state index is 12.6. The number of thiophene rings is 1. The minimum absolute atomic E-state index is 0.00736. The van der Waals surface area contributed by atoms with E-state index in [-0.39, 0.29) is 18.1 Å². The third kappa shape index (κ3) is 2.24. The second kappa shape index (κ2) is 5.70. The van der Waals surface area contributed by atoms with Gasteiger partial charge < -0.3 is 4.90 Å². The molecule has 3 aromatic heterocycles. The van der Waals surface area contributed by atoms with Crippen LogP contribution in [0, 0.1) is 6.92 Å². The molecule has 24 heavy (non-hydrogen) atoms. The number of aromatic nitrogens is 4. The molecule has 0 spiro atoms. The maximum Gasteiger partial charge on any atom is 0.352 e. The van der Waals surface area contributed by atoms with Crippen molar-refractivity contribution in [2.75, 3.05) is 13.1 Å². The van der Waals surface area contributed by atoms with Gasteiger partial charge in [0.2, 0.25) is 5.91 Å². The van der Waals surface area contributed by atoms with E-state index in [4.69, 9.17) is 0 Å². The molecule has 7 nitrogen and oxygen atoms in total. The van der Waals surface area contributed by atoms with Gasteiger partial charge in [0.15, 0.2) is 5.65 Å². The lowest BCUT2D eigenvalue weighted by molar-refractivity contribution is -0.131. The predicted octanol–water partition coefficient (Wildman–Crippen LogP) is 1.60. The predicted molar refractivity (Wildman–Crippen MR) is 92.6 cm³/mol. The number of fused-ring (bicyclic) bond motifs is 3. The van der Waals surface area contributed by atoms with E-state index >= 15 is 0 Å².